The van der Waals surface area contributed by atoms with Crippen molar-refractivity contribution >= 4 is 22.3 Å². The van der Waals surface area contributed by atoms with E-state index in [-0.39, 0.29) is 0 Å². The molecular weight excluding hydrogens is 222 g/mol. The fraction of sp³-hybridized carbons (Fsp3) is 0.500. The van der Waals surface area contributed by atoms with Crippen LogP contribution in [0.1, 0.15) is 6.42 Å². The molecule has 1 rings (SSSR count). The molecule has 1 aliphatic heterocycles. The largest absolute Gasteiger partial charge is 0.471 e. The van der Waals surface area contributed by atoms with Crippen molar-refractivity contribution in [3.8, 4) is 0 Å². The fourth-order valence-corrected chi connectivity index (χ4v) is 0.857. The van der Waals surface area contributed by atoms with E-state index in [9.17, 15) is 18.0 Å². The van der Waals surface area contributed by atoms with Crippen molar-refractivity contribution in [1.82, 2.24) is 0 Å². The van der Waals surface area contributed by atoms with Crippen LogP contribution in [-0.4, -0.2) is 26.4 Å². The SMILES string of the molecule is NC1CC(=O)OOS(=O)(=O)OOC1=O. The molecule has 0 amide bonds. The van der Waals surface area contributed by atoms with Gasteiger partial charge in [0.05, 0.1) is 6.42 Å². The molecular formula is C4H5NO8S. The maximum Gasteiger partial charge on any atom is 0.471 e. The molecule has 1 heterocycles. The van der Waals surface area contributed by atoms with Crippen LogP contribution in [0.2, 0.25) is 0 Å². The van der Waals surface area contributed by atoms with Gasteiger partial charge in [0.2, 0.25) is 0 Å². The van der Waals surface area contributed by atoms with Crippen molar-refractivity contribution in [2.45, 2.75) is 12.5 Å². The lowest BCUT2D eigenvalue weighted by atomic mass is 10.2. The summed E-state index contributed by atoms with van der Waals surface area (Å²) < 4.78 is 28.1. The van der Waals surface area contributed by atoms with Gasteiger partial charge in [-0.05, 0) is 8.67 Å². The molecule has 0 aromatic rings. The van der Waals surface area contributed by atoms with Gasteiger partial charge in [-0.3, -0.25) is 9.78 Å². The van der Waals surface area contributed by atoms with Crippen LogP contribution in [0.25, 0.3) is 0 Å². The maximum absolute atomic E-state index is 10.8. The molecule has 0 radical (unpaired) electrons. The number of nitrogens with two attached hydrogens (primary N) is 1. The Morgan fingerprint density at radius 1 is 1.21 bits per heavy atom. The van der Waals surface area contributed by atoms with Gasteiger partial charge < -0.3 is 5.73 Å². The van der Waals surface area contributed by atoms with Crippen LogP contribution in [-0.2, 0) is 38.4 Å². The molecule has 1 fully saturated rings. The van der Waals surface area contributed by atoms with E-state index < -0.39 is 34.8 Å². The standard InChI is InChI=1S/C4H5NO8S/c5-2-1-3(6)10-12-14(8,9)13-11-4(2)7/h2H,1,5H2. The minimum Gasteiger partial charge on any atom is -0.318 e. The quantitative estimate of drug-likeness (QED) is 0.462. The Morgan fingerprint density at radius 2 is 1.79 bits per heavy atom. The van der Waals surface area contributed by atoms with Gasteiger partial charge in [0.15, 0.2) is 0 Å². The molecule has 1 aliphatic rings. The van der Waals surface area contributed by atoms with Crippen molar-refractivity contribution in [2.24, 2.45) is 5.73 Å². The predicted octanol–water partition coefficient (Wildman–Crippen LogP) is -2.09. The van der Waals surface area contributed by atoms with E-state index in [1.165, 1.54) is 0 Å². The Morgan fingerprint density at radius 3 is 2.43 bits per heavy atom. The molecule has 0 aromatic carbocycles. The summed E-state index contributed by atoms with van der Waals surface area (Å²) in [6, 6.07) is -1.38. The topological polar surface area (TPSA) is 131 Å². The maximum atomic E-state index is 10.8. The van der Waals surface area contributed by atoms with E-state index in [0.29, 0.717) is 0 Å². The monoisotopic (exact) mass is 227 g/mol. The molecule has 2 N–H and O–H groups in total. The second-order valence-electron chi connectivity index (χ2n) is 2.21. The first-order valence-electron chi connectivity index (χ1n) is 3.20. The lowest BCUT2D eigenvalue weighted by Gasteiger charge is -2.02. The Balaban J connectivity index is 2.80. The van der Waals surface area contributed by atoms with Gasteiger partial charge in [0, 0.05) is 0 Å². The first-order valence-corrected chi connectivity index (χ1v) is 4.53. The number of rotatable bonds is 0. The zero-order valence-electron chi connectivity index (χ0n) is 6.54. The number of carbonyl (C=O) groups excluding carboxylic acids is 2. The summed E-state index contributed by atoms with van der Waals surface area (Å²) in [6.45, 7) is 0. The van der Waals surface area contributed by atoms with Gasteiger partial charge in [0.25, 0.3) is 0 Å². The third-order valence-corrected chi connectivity index (χ3v) is 1.57. The average molecular weight is 227 g/mol. The highest BCUT2D eigenvalue weighted by Gasteiger charge is 2.29. The van der Waals surface area contributed by atoms with Gasteiger partial charge in [-0.25, -0.2) is 9.59 Å². The van der Waals surface area contributed by atoms with E-state index >= 15 is 0 Å². The Labute approximate surface area is 77.8 Å². The smallest absolute Gasteiger partial charge is 0.318 e. The van der Waals surface area contributed by atoms with Crippen LogP contribution in [0.5, 0.6) is 0 Å². The van der Waals surface area contributed by atoms with Gasteiger partial charge in [-0.2, -0.15) is 8.42 Å². The van der Waals surface area contributed by atoms with Crippen LogP contribution in [0.4, 0.5) is 0 Å². The summed E-state index contributed by atoms with van der Waals surface area (Å²) >= 11 is 0. The molecule has 1 saturated heterocycles. The van der Waals surface area contributed by atoms with Crippen LogP contribution in [0.15, 0.2) is 0 Å². The van der Waals surface area contributed by atoms with Gasteiger partial charge in [-0.1, -0.05) is 0 Å². The van der Waals surface area contributed by atoms with Gasteiger partial charge in [-0.15, -0.1) is 0 Å². The van der Waals surface area contributed by atoms with Crippen molar-refractivity contribution in [2.75, 3.05) is 0 Å². The van der Waals surface area contributed by atoms with Crippen molar-refractivity contribution < 1.29 is 36.4 Å². The Bertz CT molecular complexity index is 346. The van der Waals surface area contributed by atoms with Crippen LogP contribution in [0.3, 0.4) is 0 Å². The minimum absolute atomic E-state index is 0.586. The third kappa shape index (κ3) is 2.92. The molecule has 0 bridgehead atoms. The lowest BCUT2D eigenvalue weighted by molar-refractivity contribution is -0.239. The first-order chi connectivity index (χ1) is 6.41. The fourth-order valence-electron chi connectivity index (χ4n) is 0.525. The number of hydrogen-bond acceptors (Lipinski definition) is 9. The van der Waals surface area contributed by atoms with E-state index in [1.807, 2.05) is 0 Å². The molecule has 80 valence electrons. The lowest BCUT2D eigenvalue weighted by Crippen LogP contribution is -2.34. The molecule has 1 atom stereocenters. The molecule has 0 spiro atoms. The van der Waals surface area contributed by atoms with E-state index in [4.69, 9.17) is 5.73 Å². The highest BCUT2D eigenvalue weighted by molar-refractivity contribution is 7.81. The zero-order valence-corrected chi connectivity index (χ0v) is 7.35. The molecule has 10 heteroatoms. The van der Waals surface area contributed by atoms with E-state index in [2.05, 4.69) is 18.4 Å². The van der Waals surface area contributed by atoms with Crippen LogP contribution < -0.4 is 5.73 Å². The molecule has 14 heavy (non-hydrogen) atoms. The molecule has 0 saturated carbocycles. The van der Waals surface area contributed by atoms with E-state index in [1.54, 1.807) is 0 Å². The van der Waals surface area contributed by atoms with Gasteiger partial charge >= 0.3 is 22.3 Å². The minimum atomic E-state index is -4.70. The normalized spacial score (nSPS) is 27.9. The molecule has 9 nitrogen and oxygen atoms in total. The summed E-state index contributed by atoms with van der Waals surface area (Å²) in [5, 5.41) is 0. The van der Waals surface area contributed by atoms with Crippen molar-refractivity contribution in [3.05, 3.63) is 0 Å². The first kappa shape index (κ1) is 10.8. The highest BCUT2D eigenvalue weighted by Crippen LogP contribution is 2.06. The number of carbonyl (C=O) groups is 2. The van der Waals surface area contributed by atoms with Crippen molar-refractivity contribution in [3.63, 3.8) is 0 Å². The van der Waals surface area contributed by atoms with Crippen LogP contribution >= 0.6 is 0 Å². The third-order valence-electron chi connectivity index (χ3n) is 1.10. The summed E-state index contributed by atoms with van der Waals surface area (Å²) in [6.07, 6.45) is -0.586. The highest BCUT2D eigenvalue weighted by atomic mass is 32.3. The summed E-state index contributed by atoms with van der Waals surface area (Å²) in [7, 11) is -4.70. The average Bonchev–Trinajstić information content (AvgIpc) is 2.13. The Hall–Kier alpha value is -1.23. The van der Waals surface area contributed by atoms with Gasteiger partial charge in [0.1, 0.15) is 6.04 Å². The number of hydrogen-bond donors (Lipinski definition) is 1. The van der Waals surface area contributed by atoms with E-state index in [0.717, 1.165) is 0 Å². The predicted molar refractivity (Wildman–Crippen MR) is 35.9 cm³/mol. The zero-order chi connectivity index (χ0) is 10.8. The summed E-state index contributed by atoms with van der Waals surface area (Å²) in [5.74, 6) is -2.36. The molecule has 1 unspecified atom stereocenters. The second kappa shape index (κ2) is 3.88. The Kier molecular flexibility index (Phi) is 3.00. The molecule has 0 aromatic heterocycles. The summed E-state index contributed by atoms with van der Waals surface area (Å²) in [4.78, 5) is 28.9. The molecule has 0 aliphatic carbocycles. The summed E-state index contributed by atoms with van der Waals surface area (Å²) in [5.41, 5.74) is 5.09. The second-order valence-corrected chi connectivity index (χ2v) is 3.30. The van der Waals surface area contributed by atoms with Crippen LogP contribution in [0, 0.1) is 0 Å². The van der Waals surface area contributed by atoms with Crippen molar-refractivity contribution in [1.29, 1.82) is 0 Å².